The van der Waals surface area contributed by atoms with E-state index in [2.05, 4.69) is 12.1 Å². The van der Waals surface area contributed by atoms with Crippen molar-refractivity contribution in [3.05, 3.63) is 65.5 Å². The number of nitrogens with zero attached hydrogens (tertiary/aromatic N) is 4. The molecule has 0 N–H and O–H groups in total. The van der Waals surface area contributed by atoms with E-state index in [1.54, 1.807) is 65.7 Å². The summed E-state index contributed by atoms with van der Waals surface area (Å²) < 4.78 is 14.6. The molecule has 0 amide bonds. The van der Waals surface area contributed by atoms with Crippen molar-refractivity contribution in [2.24, 2.45) is 0 Å². The van der Waals surface area contributed by atoms with Gasteiger partial charge in [-0.1, -0.05) is 38.5 Å². The summed E-state index contributed by atoms with van der Waals surface area (Å²) in [6.07, 6.45) is 17.7. The number of ether oxygens (including phenoxy) is 2. The molecule has 0 aromatic carbocycles. The SMILES string of the molecule is COc1cc(C=C(C#N)C#N)sc1C1=Cc2sc3c(c2C12CCCCC2)C1(CCCCC1)c1c-3sc2cc(-c3sc(C=C(C#N)C#N)cc3OC)sc12. The first-order valence-electron chi connectivity index (χ1n) is 17.8. The molecule has 5 aromatic rings. The fourth-order valence-electron chi connectivity index (χ4n) is 9.43. The highest BCUT2D eigenvalue weighted by Gasteiger charge is 2.56. The van der Waals surface area contributed by atoms with Gasteiger partial charge in [-0.15, -0.1) is 56.7 Å². The molecule has 0 saturated heterocycles. The van der Waals surface area contributed by atoms with Crippen molar-refractivity contribution in [3.8, 4) is 55.3 Å². The smallest absolute Gasteiger partial charge is 0.138 e. The van der Waals surface area contributed by atoms with E-state index in [0.29, 0.717) is 0 Å². The quantitative estimate of drug-likeness (QED) is 0.158. The standard InChI is InChI=1S/C42H32N4O2S5/c1-47-28-15-25(13-23(19-43)20-44)49-36(28)27-17-30-33(41(27)9-5-3-6-10-41)34-39(51-30)40-35(42(34)11-7-4-8-12-42)38-32(53-40)18-31(52-38)37-29(48-2)16-26(50-37)14-24(21-45)22-46/h13-18H,3-12H2,1-2H3. The predicted molar refractivity (Wildman–Crippen MR) is 219 cm³/mol. The van der Waals surface area contributed by atoms with E-state index in [-0.39, 0.29) is 22.0 Å². The fourth-order valence-corrected chi connectivity index (χ4v) is 16.2. The highest BCUT2D eigenvalue weighted by molar-refractivity contribution is 7.34. The zero-order valence-electron chi connectivity index (χ0n) is 29.2. The van der Waals surface area contributed by atoms with E-state index in [4.69, 9.17) is 9.47 Å². The minimum atomic E-state index is -0.0949. The van der Waals surface area contributed by atoms with Gasteiger partial charge in [0.05, 0.1) is 38.4 Å². The van der Waals surface area contributed by atoms with Gasteiger partial charge in [0.1, 0.15) is 46.9 Å². The third-order valence-electron chi connectivity index (χ3n) is 11.5. The van der Waals surface area contributed by atoms with E-state index >= 15 is 0 Å². The van der Waals surface area contributed by atoms with Crippen molar-refractivity contribution in [1.82, 2.24) is 0 Å². The molecule has 2 saturated carbocycles. The lowest BCUT2D eigenvalue weighted by atomic mass is 9.61. The molecule has 9 rings (SSSR count). The summed E-state index contributed by atoms with van der Waals surface area (Å²) in [6.45, 7) is 0. The number of allylic oxidation sites excluding steroid dienone is 3. The molecule has 0 atom stereocenters. The first-order valence-corrected chi connectivity index (χ1v) is 21.9. The van der Waals surface area contributed by atoms with Crippen LogP contribution in [-0.2, 0) is 10.8 Å². The van der Waals surface area contributed by atoms with Crippen LogP contribution in [0.4, 0.5) is 0 Å². The summed E-state index contributed by atoms with van der Waals surface area (Å²) >= 11 is 9.01. The number of rotatable bonds is 6. The third kappa shape index (κ3) is 5.06. The van der Waals surface area contributed by atoms with Gasteiger partial charge in [0.2, 0.25) is 0 Å². The van der Waals surface area contributed by atoms with Gasteiger partial charge in [0.25, 0.3) is 0 Å². The molecule has 53 heavy (non-hydrogen) atoms. The summed E-state index contributed by atoms with van der Waals surface area (Å²) in [4.78, 5) is 9.37. The molecule has 262 valence electrons. The molecule has 2 spiro atoms. The molecule has 2 fully saturated rings. The molecular weight excluding hydrogens is 753 g/mol. The maximum absolute atomic E-state index is 9.48. The Morgan fingerprint density at radius 1 is 0.604 bits per heavy atom. The molecule has 4 aliphatic rings. The van der Waals surface area contributed by atoms with E-state index in [9.17, 15) is 21.0 Å². The number of methoxy groups -OCH3 is 2. The van der Waals surface area contributed by atoms with Crippen molar-refractivity contribution >= 4 is 89.9 Å². The van der Waals surface area contributed by atoms with E-state index in [1.165, 1.54) is 68.1 Å². The predicted octanol–water partition coefficient (Wildman–Crippen LogP) is 12.7. The maximum atomic E-state index is 9.48. The van der Waals surface area contributed by atoms with Crippen LogP contribution in [0.15, 0.2) is 29.3 Å². The lowest BCUT2D eigenvalue weighted by Gasteiger charge is -2.42. The maximum Gasteiger partial charge on any atom is 0.138 e. The summed E-state index contributed by atoms with van der Waals surface area (Å²) in [6, 6.07) is 14.2. The number of nitriles is 4. The highest BCUT2D eigenvalue weighted by Crippen LogP contribution is 2.70. The summed E-state index contributed by atoms with van der Waals surface area (Å²) in [7, 11) is 3.40. The van der Waals surface area contributed by atoms with Crippen molar-refractivity contribution in [2.75, 3.05) is 14.2 Å². The van der Waals surface area contributed by atoms with Crippen molar-refractivity contribution in [1.29, 1.82) is 21.0 Å². The largest absolute Gasteiger partial charge is 0.495 e. The van der Waals surface area contributed by atoms with E-state index < -0.39 is 0 Å². The van der Waals surface area contributed by atoms with Crippen LogP contribution in [0.3, 0.4) is 0 Å². The normalized spacial score (nSPS) is 17.2. The third-order valence-corrected chi connectivity index (χ3v) is 17.6. The van der Waals surface area contributed by atoms with Gasteiger partial charge in [-0.2, -0.15) is 21.0 Å². The average Bonchev–Trinajstić information content (AvgIpc) is 4.04. The van der Waals surface area contributed by atoms with Gasteiger partial charge < -0.3 is 9.47 Å². The zero-order chi connectivity index (χ0) is 36.5. The van der Waals surface area contributed by atoms with Gasteiger partial charge in [-0.05, 0) is 78.8 Å². The molecule has 11 heteroatoms. The molecule has 0 aliphatic heterocycles. The second-order valence-corrected chi connectivity index (χ2v) is 19.5. The van der Waals surface area contributed by atoms with Gasteiger partial charge in [0, 0.05) is 40.6 Å². The number of hydrogen-bond donors (Lipinski definition) is 0. The molecule has 5 heterocycles. The van der Waals surface area contributed by atoms with Crippen LogP contribution in [0.25, 0.3) is 52.7 Å². The number of thiophene rings is 5. The van der Waals surface area contributed by atoms with Crippen molar-refractivity contribution < 1.29 is 9.47 Å². The average molecular weight is 785 g/mol. The zero-order valence-corrected chi connectivity index (χ0v) is 33.3. The number of hydrogen-bond acceptors (Lipinski definition) is 11. The van der Waals surface area contributed by atoms with Crippen LogP contribution < -0.4 is 9.47 Å². The Hall–Kier alpha value is -4.46. The molecular formula is C42H32N4O2S5. The van der Waals surface area contributed by atoms with Crippen LogP contribution in [-0.4, -0.2) is 14.2 Å². The summed E-state index contributed by atoms with van der Waals surface area (Å²) in [5.74, 6) is 1.58. The highest BCUT2D eigenvalue weighted by atomic mass is 32.1. The molecule has 0 radical (unpaired) electrons. The Morgan fingerprint density at radius 3 is 1.74 bits per heavy atom. The van der Waals surface area contributed by atoms with E-state index in [0.717, 1.165) is 61.6 Å². The van der Waals surface area contributed by atoms with E-state index in [1.807, 2.05) is 70.4 Å². The lowest BCUT2D eigenvalue weighted by molar-refractivity contribution is 0.335. The van der Waals surface area contributed by atoms with Gasteiger partial charge in [0.15, 0.2) is 0 Å². The molecule has 0 bridgehead atoms. The fraction of sp³-hybridized carbons (Fsp3) is 0.333. The molecule has 0 unspecified atom stereocenters. The Balaban J connectivity index is 1.21. The molecule has 4 aliphatic carbocycles. The first-order chi connectivity index (χ1) is 25.9. The Kier molecular flexibility index (Phi) is 8.50. The van der Waals surface area contributed by atoms with Gasteiger partial charge >= 0.3 is 0 Å². The second kappa shape index (κ2) is 13.1. The monoisotopic (exact) mass is 784 g/mol. The lowest BCUT2D eigenvalue weighted by Crippen LogP contribution is -2.34. The Bertz CT molecular complexity index is 2580. The molecule has 5 aromatic heterocycles. The van der Waals surface area contributed by atoms with Gasteiger partial charge in [-0.25, -0.2) is 0 Å². The van der Waals surface area contributed by atoms with Crippen LogP contribution >= 0.6 is 56.7 Å². The topological polar surface area (TPSA) is 114 Å². The minimum absolute atomic E-state index is 0.0229. The minimum Gasteiger partial charge on any atom is -0.495 e. The Morgan fingerprint density at radius 2 is 1.15 bits per heavy atom. The van der Waals surface area contributed by atoms with Crippen LogP contribution in [0.5, 0.6) is 11.5 Å². The molecule has 6 nitrogen and oxygen atoms in total. The van der Waals surface area contributed by atoms with Crippen LogP contribution in [0, 0.1) is 45.3 Å². The van der Waals surface area contributed by atoms with Crippen LogP contribution in [0.1, 0.15) is 100 Å². The summed E-state index contributed by atoms with van der Waals surface area (Å²) in [5, 5.41) is 37.7. The van der Waals surface area contributed by atoms with Crippen molar-refractivity contribution in [2.45, 2.75) is 75.0 Å². The number of fused-ring (bicyclic) bond motifs is 10. The first kappa shape index (κ1) is 34.3. The Labute approximate surface area is 328 Å². The van der Waals surface area contributed by atoms with Crippen molar-refractivity contribution in [3.63, 3.8) is 0 Å². The summed E-state index contributed by atoms with van der Waals surface area (Å²) in [5.41, 5.74) is 6.15. The van der Waals surface area contributed by atoms with Crippen LogP contribution in [0.2, 0.25) is 0 Å². The van der Waals surface area contributed by atoms with Gasteiger partial charge in [-0.3, -0.25) is 0 Å². The second-order valence-electron chi connectivity index (χ2n) is 14.2.